The minimum atomic E-state index is -0.868. The van der Waals surface area contributed by atoms with Crippen molar-refractivity contribution in [1.82, 2.24) is 9.88 Å². The van der Waals surface area contributed by atoms with E-state index >= 15 is 0 Å². The van der Waals surface area contributed by atoms with E-state index in [9.17, 15) is 14.3 Å². The van der Waals surface area contributed by atoms with E-state index in [1.165, 1.54) is 30.5 Å². The van der Waals surface area contributed by atoms with E-state index in [0.29, 0.717) is 16.3 Å². The maximum Gasteiger partial charge on any atom is 0.272 e. The van der Waals surface area contributed by atoms with Gasteiger partial charge < -0.3 is 10.0 Å². The van der Waals surface area contributed by atoms with Crippen LogP contribution in [0.4, 0.5) is 4.39 Å². The van der Waals surface area contributed by atoms with Gasteiger partial charge in [-0.1, -0.05) is 23.7 Å². The number of carbonyl (C=O) groups is 1. The molecule has 0 bridgehead atoms. The van der Waals surface area contributed by atoms with Crippen LogP contribution in [0, 0.1) is 5.82 Å². The fourth-order valence-electron chi connectivity index (χ4n) is 2.41. The smallest absolute Gasteiger partial charge is 0.272 e. The van der Waals surface area contributed by atoms with Gasteiger partial charge in [-0.15, -0.1) is 0 Å². The summed E-state index contributed by atoms with van der Waals surface area (Å²) in [6.07, 6.45) is 2.38. The molecule has 1 aromatic heterocycles. The van der Waals surface area contributed by atoms with Crippen molar-refractivity contribution in [2.24, 2.45) is 0 Å². The molecule has 2 aromatic rings. The highest BCUT2D eigenvalue weighted by molar-refractivity contribution is 6.30. The molecule has 120 valence electrons. The molecule has 1 unspecified atom stereocenters. The van der Waals surface area contributed by atoms with Gasteiger partial charge in [-0.3, -0.25) is 4.79 Å². The lowest BCUT2D eigenvalue weighted by Gasteiger charge is -2.25. The second-order valence-electron chi connectivity index (χ2n) is 5.62. The molecule has 1 fully saturated rings. The van der Waals surface area contributed by atoms with Crippen molar-refractivity contribution in [3.05, 3.63) is 64.7 Å². The molecule has 1 heterocycles. The Bertz CT molecular complexity index is 687. The molecule has 1 aromatic carbocycles. The summed E-state index contributed by atoms with van der Waals surface area (Å²) in [7, 11) is 0. The second-order valence-corrected chi connectivity index (χ2v) is 6.05. The summed E-state index contributed by atoms with van der Waals surface area (Å²) < 4.78 is 13.0. The van der Waals surface area contributed by atoms with Gasteiger partial charge in [-0.05, 0) is 42.7 Å². The van der Waals surface area contributed by atoms with Crippen molar-refractivity contribution < 1.29 is 14.3 Å². The van der Waals surface area contributed by atoms with Crippen molar-refractivity contribution in [3.8, 4) is 0 Å². The van der Waals surface area contributed by atoms with Gasteiger partial charge in [0, 0.05) is 12.2 Å². The van der Waals surface area contributed by atoms with Crippen LogP contribution in [-0.2, 0) is 0 Å². The maximum absolute atomic E-state index is 13.0. The van der Waals surface area contributed by atoms with Crippen LogP contribution < -0.4 is 0 Å². The van der Waals surface area contributed by atoms with Crippen molar-refractivity contribution >= 4 is 17.5 Å². The molecule has 23 heavy (non-hydrogen) atoms. The Labute approximate surface area is 138 Å². The van der Waals surface area contributed by atoms with E-state index in [0.717, 1.165) is 12.8 Å². The molecule has 6 heteroatoms. The molecule has 1 aliphatic carbocycles. The summed E-state index contributed by atoms with van der Waals surface area (Å²) in [5.74, 6) is -0.591. The van der Waals surface area contributed by atoms with Crippen LogP contribution in [0.25, 0.3) is 0 Å². The van der Waals surface area contributed by atoms with Crippen LogP contribution in [0.2, 0.25) is 5.02 Å². The molecule has 1 aliphatic rings. The Balaban J connectivity index is 1.75. The molecule has 1 atom stereocenters. The number of nitrogens with zero attached hydrogens (tertiary/aromatic N) is 2. The number of carbonyl (C=O) groups excluding carboxylic acids is 1. The highest BCUT2D eigenvalue weighted by Gasteiger charge is 2.34. The third-order valence-corrected chi connectivity index (χ3v) is 4.04. The average Bonchev–Trinajstić information content (AvgIpc) is 3.38. The van der Waals surface area contributed by atoms with Gasteiger partial charge in [0.1, 0.15) is 11.5 Å². The van der Waals surface area contributed by atoms with Gasteiger partial charge in [-0.2, -0.15) is 0 Å². The van der Waals surface area contributed by atoms with Gasteiger partial charge in [0.25, 0.3) is 5.91 Å². The predicted molar refractivity (Wildman–Crippen MR) is 84.7 cm³/mol. The number of hydrogen-bond donors (Lipinski definition) is 1. The zero-order valence-corrected chi connectivity index (χ0v) is 13.1. The number of halogens is 2. The monoisotopic (exact) mass is 334 g/mol. The normalized spacial score (nSPS) is 15.3. The lowest BCUT2D eigenvalue weighted by atomic mass is 10.1. The summed E-state index contributed by atoms with van der Waals surface area (Å²) >= 11 is 5.79. The van der Waals surface area contributed by atoms with E-state index in [4.69, 9.17) is 11.6 Å². The fraction of sp³-hybridized carbons (Fsp3) is 0.294. The zero-order chi connectivity index (χ0) is 16.4. The number of rotatable bonds is 5. The van der Waals surface area contributed by atoms with E-state index in [1.807, 2.05) is 0 Å². The van der Waals surface area contributed by atoms with Gasteiger partial charge in [0.15, 0.2) is 0 Å². The first-order valence-corrected chi connectivity index (χ1v) is 7.78. The molecule has 0 aliphatic heterocycles. The Kier molecular flexibility index (Phi) is 4.59. The molecule has 0 saturated heterocycles. The number of hydrogen-bond acceptors (Lipinski definition) is 3. The van der Waals surface area contributed by atoms with Crippen LogP contribution in [0.15, 0.2) is 42.6 Å². The van der Waals surface area contributed by atoms with Crippen molar-refractivity contribution in [2.45, 2.75) is 25.0 Å². The van der Waals surface area contributed by atoms with E-state index in [-0.39, 0.29) is 24.3 Å². The number of aliphatic hydroxyl groups excluding tert-OH is 1. The van der Waals surface area contributed by atoms with Gasteiger partial charge in [-0.25, -0.2) is 9.37 Å². The summed E-state index contributed by atoms with van der Waals surface area (Å²) in [4.78, 5) is 18.3. The maximum atomic E-state index is 13.0. The van der Waals surface area contributed by atoms with Gasteiger partial charge >= 0.3 is 0 Å². The standard InChI is InChI=1S/C17H16ClFN2O2/c18-12-3-8-15(20-9-12)17(23)21(14-6-7-14)10-16(22)11-1-4-13(19)5-2-11/h1-5,8-9,14,16,22H,6-7,10H2. The van der Waals surface area contributed by atoms with E-state index in [2.05, 4.69) is 4.98 Å². The molecule has 0 spiro atoms. The Morgan fingerprint density at radius 3 is 2.57 bits per heavy atom. The number of benzene rings is 1. The molecule has 1 saturated carbocycles. The SMILES string of the molecule is O=C(c1ccc(Cl)cn1)N(CC(O)c1ccc(F)cc1)C1CC1. The third kappa shape index (κ3) is 3.86. The molecular weight excluding hydrogens is 319 g/mol. The fourth-order valence-corrected chi connectivity index (χ4v) is 2.52. The first kappa shape index (κ1) is 15.9. The number of aliphatic hydroxyl groups is 1. The van der Waals surface area contributed by atoms with Gasteiger partial charge in [0.2, 0.25) is 0 Å². The number of pyridine rings is 1. The third-order valence-electron chi connectivity index (χ3n) is 3.82. The average molecular weight is 335 g/mol. The Hall–Kier alpha value is -1.98. The molecule has 4 nitrogen and oxygen atoms in total. The number of aromatic nitrogens is 1. The van der Waals surface area contributed by atoms with Crippen LogP contribution in [0.5, 0.6) is 0 Å². The Morgan fingerprint density at radius 2 is 2.00 bits per heavy atom. The predicted octanol–water partition coefficient (Wildman–Crippen LogP) is 3.21. The second kappa shape index (κ2) is 6.64. The summed E-state index contributed by atoms with van der Waals surface area (Å²) in [6, 6.07) is 8.94. The summed E-state index contributed by atoms with van der Waals surface area (Å²) in [5.41, 5.74) is 0.876. The topological polar surface area (TPSA) is 53.4 Å². The van der Waals surface area contributed by atoms with Crippen LogP contribution in [-0.4, -0.2) is 33.5 Å². The lowest BCUT2D eigenvalue weighted by molar-refractivity contribution is 0.0597. The molecule has 3 rings (SSSR count). The van der Waals surface area contributed by atoms with Crippen LogP contribution in [0.1, 0.15) is 35.0 Å². The van der Waals surface area contributed by atoms with E-state index < -0.39 is 6.10 Å². The van der Waals surface area contributed by atoms with Crippen molar-refractivity contribution in [2.75, 3.05) is 6.54 Å². The lowest BCUT2D eigenvalue weighted by Crippen LogP contribution is -2.37. The molecule has 0 radical (unpaired) electrons. The highest BCUT2D eigenvalue weighted by Crippen LogP contribution is 2.30. The minimum Gasteiger partial charge on any atom is -0.387 e. The van der Waals surface area contributed by atoms with Crippen LogP contribution >= 0.6 is 11.6 Å². The largest absolute Gasteiger partial charge is 0.387 e. The Morgan fingerprint density at radius 1 is 1.30 bits per heavy atom. The minimum absolute atomic E-state index is 0.120. The molecule has 1 amide bonds. The first-order chi connectivity index (χ1) is 11.0. The van der Waals surface area contributed by atoms with E-state index in [1.54, 1.807) is 17.0 Å². The quantitative estimate of drug-likeness (QED) is 0.913. The summed E-state index contributed by atoms with van der Waals surface area (Å²) in [6.45, 7) is 0.152. The first-order valence-electron chi connectivity index (χ1n) is 7.40. The van der Waals surface area contributed by atoms with Crippen LogP contribution in [0.3, 0.4) is 0 Å². The summed E-state index contributed by atoms with van der Waals surface area (Å²) in [5, 5.41) is 10.8. The highest BCUT2D eigenvalue weighted by atomic mass is 35.5. The molecule has 1 N–H and O–H groups in total. The van der Waals surface area contributed by atoms with Crippen molar-refractivity contribution in [3.63, 3.8) is 0 Å². The zero-order valence-electron chi connectivity index (χ0n) is 12.3. The van der Waals surface area contributed by atoms with Crippen molar-refractivity contribution in [1.29, 1.82) is 0 Å². The number of amides is 1. The molecular formula is C17H16ClFN2O2. The van der Waals surface area contributed by atoms with Gasteiger partial charge in [0.05, 0.1) is 17.7 Å².